The number of unbranched alkanes of at least 4 members (excludes halogenated alkanes) is 1. The van der Waals surface area contributed by atoms with Crippen molar-refractivity contribution >= 4 is 32.2 Å². The van der Waals surface area contributed by atoms with Crippen LogP contribution in [0.4, 0.5) is 4.39 Å². The van der Waals surface area contributed by atoms with Crippen LogP contribution >= 0.6 is 20.4 Å². The van der Waals surface area contributed by atoms with Crippen LogP contribution in [0.3, 0.4) is 0 Å². The number of amides is 2. The first-order valence-electron chi connectivity index (χ1n) is 15.1. The number of benzene rings is 4. The minimum absolute atomic E-state index is 0.180. The lowest BCUT2D eigenvalue weighted by Gasteiger charge is -2.30. The van der Waals surface area contributed by atoms with Crippen LogP contribution in [0.5, 0.6) is 0 Å². The number of hydrogen-bond acceptors (Lipinski definition) is 4. The van der Waals surface area contributed by atoms with Crippen LogP contribution in [-0.2, 0) is 14.7 Å². The largest absolute Gasteiger partial charge is 0.397 e. The Hall–Kier alpha value is -3.61. The van der Waals surface area contributed by atoms with Crippen molar-refractivity contribution < 1.29 is 23.6 Å². The molecule has 1 aliphatic carbocycles. The van der Waals surface area contributed by atoms with E-state index in [4.69, 9.17) is 21.2 Å². The molecule has 0 radical (unpaired) electrons. The molecule has 1 aliphatic rings. The molecule has 0 spiro atoms. The molecule has 6 nitrogen and oxygen atoms in total. The molecule has 2 unspecified atom stereocenters. The van der Waals surface area contributed by atoms with Gasteiger partial charge in [0, 0.05) is 26.0 Å². The summed E-state index contributed by atoms with van der Waals surface area (Å²) in [4.78, 5) is 26.5. The Morgan fingerprint density at radius 1 is 0.889 bits per heavy atom. The summed E-state index contributed by atoms with van der Waals surface area (Å²) >= 11 is 6.03. The number of hydrogen-bond donors (Lipinski definition) is 3. The lowest BCUT2D eigenvalue weighted by molar-refractivity contribution is -0.126. The van der Waals surface area contributed by atoms with E-state index in [0.717, 1.165) is 52.4 Å². The predicted molar refractivity (Wildman–Crippen MR) is 181 cm³/mol. The Labute approximate surface area is 271 Å². The molecule has 0 saturated carbocycles. The van der Waals surface area contributed by atoms with Gasteiger partial charge in [0.2, 0.25) is 5.91 Å². The smallest absolute Gasteiger partial charge is 0.253 e. The van der Waals surface area contributed by atoms with Crippen molar-refractivity contribution in [2.24, 2.45) is 0 Å². The number of halogens is 2. The number of rotatable bonds is 12. The van der Waals surface area contributed by atoms with E-state index < -0.39 is 18.4 Å². The molecule has 0 aliphatic heterocycles. The zero-order valence-corrected chi connectivity index (χ0v) is 27.2. The second-order valence-electron chi connectivity index (χ2n) is 10.6. The molecule has 236 valence electrons. The molecule has 0 aromatic heterocycles. The Kier molecular flexibility index (Phi) is 12.7. The summed E-state index contributed by atoms with van der Waals surface area (Å²) < 4.78 is 19.3. The molecule has 2 atom stereocenters. The number of nitrogens with one attached hydrogen (secondary N) is 2. The predicted octanol–water partition coefficient (Wildman–Crippen LogP) is 7.87. The number of carbonyl (C=O) groups excluding carboxylic acids is 2. The number of fused-ring (bicyclic) bond motifs is 3. The van der Waals surface area contributed by atoms with E-state index in [0.29, 0.717) is 17.0 Å². The number of aliphatic hydroxyl groups excluding tert-OH is 1. The van der Waals surface area contributed by atoms with E-state index in [2.05, 4.69) is 10.6 Å². The molecule has 3 N–H and O–H groups in total. The van der Waals surface area contributed by atoms with Crippen molar-refractivity contribution in [3.8, 4) is 22.3 Å². The lowest BCUT2D eigenvalue weighted by atomic mass is 9.73. The van der Waals surface area contributed by atoms with E-state index in [9.17, 15) is 14.0 Å². The van der Waals surface area contributed by atoms with Gasteiger partial charge in [-0.15, -0.1) is 0 Å². The first-order valence-corrected chi connectivity index (χ1v) is 16.6. The standard InChI is InChI=1S/C34H33ClFN2O3P.C2H6O/c1-23(38-32(39)29-13-3-2-10-26(29)24-16-18-25(35)19-17-24)41-42-21-9-8-20-34(33(40)37-22-36)30-14-6-4-11-27(30)28-12-5-7-15-31(28)34;1-2-3/h2-7,10-19,23,42H,8-9,20-22H2,1H3,(H,37,40)(H,38,39);3H,2H2,1H3. The third-order valence-electron chi connectivity index (χ3n) is 7.68. The number of alkyl halides is 1. The van der Waals surface area contributed by atoms with Gasteiger partial charge in [0.15, 0.2) is 6.80 Å². The maximum Gasteiger partial charge on any atom is 0.253 e. The lowest BCUT2D eigenvalue weighted by Crippen LogP contribution is -2.44. The average Bonchev–Trinajstić information content (AvgIpc) is 3.34. The fraction of sp³-hybridized carbons (Fsp3) is 0.278. The minimum atomic E-state index is -0.929. The van der Waals surface area contributed by atoms with E-state index >= 15 is 0 Å². The van der Waals surface area contributed by atoms with Crippen LogP contribution in [0, 0.1) is 0 Å². The normalized spacial score (nSPS) is 13.4. The van der Waals surface area contributed by atoms with Crippen LogP contribution in [0.25, 0.3) is 22.3 Å². The Bertz CT molecular complexity index is 1540. The molecule has 4 aromatic rings. The van der Waals surface area contributed by atoms with Crippen LogP contribution in [-0.4, -0.2) is 42.7 Å². The van der Waals surface area contributed by atoms with Gasteiger partial charge in [-0.2, -0.15) is 0 Å². The molecular weight excluding hydrogens is 610 g/mol. The maximum absolute atomic E-state index is 13.4. The molecule has 4 aromatic carbocycles. The summed E-state index contributed by atoms with van der Waals surface area (Å²) in [7, 11) is 0.180. The molecule has 9 heteroatoms. The Morgan fingerprint density at radius 2 is 1.44 bits per heavy atom. The minimum Gasteiger partial charge on any atom is -0.397 e. The van der Waals surface area contributed by atoms with Crippen LogP contribution < -0.4 is 10.6 Å². The van der Waals surface area contributed by atoms with Gasteiger partial charge in [-0.25, -0.2) is 4.39 Å². The quantitative estimate of drug-likeness (QED) is 0.0632. The van der Waals surface area contributed by atoms with E-state index in [1.165, 1.54) is 0 Å². The van der Waals surface area contributed by atoms with Crippen molar-refractivity contribution in [1.29, 1.82) is 0 Å². The molecule has 0 bridgehead atoms. The maximum atomic E-state index is 13.4. The highest BCUT2D eigenvalue weighted by Gasteiger charge is 2.48. The zero-order valence-electron chi connectivity index (χ0n) is 25.5. The first kappa shape index (κ1) is 34.3. The summed E-state index contributed by atoms with van der Waals surface area (Å²) in [5, 5.41) is 13.6. The van der Waals surface area contributed by atoms with Crippen molar-refractivity contribution in [3.05, 3.63) is 119 Å². The molecule has 0 heterocycles. The van der Waals surface area contributed by atoms with Gasteiger partial charge in [0.1, 0.15) is 11.6 Å². The summed E-state index contributed by atoms with van der Waals surface area (Å²) in [6, 6.07) is 30.6. The van der Waals surface area contributed by atoms with Crippen LogP contribution in [0.2, 0.25) is 5.02 Å². The fourth-order valence-electron chi connectivity index (χ4n) is 5.79. The third-order valence-corrected chi connectivity index (χ3v) is 9.01. The molecule has 5 rings (SSSR count). The third kappa shape index (κ3) is 7.98. The number of aliphatic hydroxyl groups is 1. The summed E-state index contributed by atoms with van der Waals surface area (Å²) in [5.74, 6) is -0.520. The van der Waals surface area contributed by atoms with Crippen molar-refractivity contribution in [2.45, 2.75) is 44.8 Å². The topological polar surface area (TPSA) is 87.7 Å². The van der Waals surface area contributed by atoms with Crippen molar-refractivity contribution in [2.75, 3.05) is 19.6 Å². The molecule has 0 saturated heterocycles. The van der Waals surface area contributed by atoms with Gasteiger partial charge in [0.25, 0.3) is 5.91 Å². The number of carbonyl (C=O) groups is 2. The monoisotopic (exact) mass is 648 g/mol. The summed E-state index contributed by atoms with van der Waals surface area (Å²) in [5.41, 5.74) is 5.25. The highest BCUT2D eigenvalue weighted by molar-refractivity contribution is 7.32. The SMILES string of the molecule is CC(NC(=O)c1ccccc1-c1ccc(Cl)cc1)OPCCCCC1(C(=O)NCF)c2ccccc2-c2ccccc21.CCO. The van der Waals surface area contributed by atoms with E-state index in [1.54, 1.807) is 25.1 Å². The van der Waals surface area contributed by atoms with Crippen molar-refractivity contribution in [1.82, 2.24) is 10.6 Å². The van der Waals surface area contributed by atoms with Gasteiger partial charge < -0.3 is 20.3 Å². The molecule has 2 amide bonds. The Balaban J connectivity index is 0.00000148. The average molecular weight is 649 g/mol. The first-order chi connectivity index (χ1) is 21.9. The van der Waals surface area contributed by atoms with Crippen LogP contribution in [0.1, 0.15) is 54.6 Å². The van der Waals surface area contributed by atoms with Gasteiger partial charge in [0.05, 0.1) is 0 Å². The Morgan fingerprint density at radius 3 is 2.04 bits per heavy atom. The van der Waals surface area contributed by atoms with Gasteiger partial charge in [-0.1, -0.05) is 96.9 Å². The van der Waals surface area contributed by atoms with Gasteiger partial charge in [-0.3, -0.25) is 9.59 Å². The second-order valence-corrected chi connectivity index (χ2v) is 12.1. The molecule has 0 fully saturated rings. The van der Waals surface area contributed by atoms with Gasteiger partial charge >= 0.3 is 0 Å². The van der Waals surface area contributed by atoms with Gasteiger partial charge in [-0.05, 0) is 84.4 Å². The highest BCUT2D eigenvalue weighted by Crippen LogP contribution is 2.51. The second kappa shape index (κ2) is 16.6. The molecule has 45 heavy (non-hydrogen) atoms. The fourth-order valence-corrected chi connectivity index (χ4v) is 6.74. The van der Waals surface area contributed by atoms with E-state index in [-0.39, 0.29) is 27.2 Å². The highest BCUT2D eigenvalue weighted by atomic mass is 35.5. The van der Waals surface area contributed by atoms with Crippen molar-refractivity contribution in [3.63, 3.8) is 0 Å². The zero-order chi connectivity index (χ0) is 32.2. The van der Waals surface area contributed by atoms with Crippen LogP contribution in [0.15, 0.2) is 97.1 Å². The summed E-state index contributed by atoms with van der Waals surface area (Å²) in [6.07, 6.45) is 2.46. The van der Waals surface area contributed by atoms with E-state index in [1.807, 2.05) is 85.8 Å². The summed E-state index contributed by atoms with van der Waals surface area (Å²) in [6.45, 7) is 2.84. The molecular formula is C36H39ClFN2O4P.